The fraction of sp³-hybridized carbons (Fsp3) is 0.933. The Morgan fingerprint density at radius 2 is 2.35 bits per heavy atom. The Bertz CT molecular complexity index is 350. The fourth-order valence-electron chi connectivity index (χ4n) is 3.64. The van der Waals surface area contributed by atoms with Gasteiger partial charge in [-0.25, -0.2) is 0 Å². The van der Waals surface area contributed by atoms with Crippen molar-refractivity contribution in [1.82, 2.24) is 15.1 Å². The van der Waals surface area contributed by atoms with Crippen LogP contribution in [0.15, 0.2) is 0 Å². The highest BCUT2D eigenvalue weighted by Gasteiger charge is 2.36. The highest BCUT2D eigenvalue weighted by Crippen LogP contribution is 2.23. The van der Waals surface area contributed by atoms with Crippen LogP contribution in [0.4, 0.5) is 0 Å². The van der Waals surface area contributed by atoms with E-state index in [0.717, 1.165) is 39.0 Å². The lowest BCUT2D eigenvalue weighted by molar-refractivity contribution is -0.132. The topological polar surface area (TPSA) is 44.8 Å². The third-order valence-corrected chi connectivity index (χ3v) is 4.87. The summed E-state index contributed by atoms with van der Waals surface area (Å²) >= 11 is 0. The van der Waals surface area contributed by atoms with Gasteiger partial charge in [-0.1, -0.05) is 19.8 Å². The van der Waals surface area contributed by atoms with Crippen LogP contribution < -0.4 is 5.32 Å². The maximum absolute atomic E-state index is 12.3. The highest BCUT2D eigenvalue weighted by molar-refractivity contribution is 5.83. The number of unbranched alkanes of at least 4 members (excludes halogenated alkanes) is 1. The molecule has 3 atom stereocenters. The van der Waals surface area contributed by atoms with E-state index in [4.69, 9.17) is 4.74 Å². The molecule has 0 aliphatic carbocycles. The predicted molar refractivity (Wildman–Crippen MR) is 77.4 cm³/mol. The van der Waals surface area contributed by atoms with Crippen LogP contribution >= 0.6 is 0 Å². The molecule has 3 heterocycles. The monoisotopic (exact) mass is 281 g/mol. The van der Waals surface area contributed by atoms with Crippen LogP contribution in [-0.2, 0) is 9.53 Å². The molecule has 3 aliphatic heterocycles. The van der Waals surface area contributed by atoms with Crippen LogP contribution in [0.2, 0.25) is 0 Å². The molecule has 0 aromatic carbocycles. The van der Waals surface area contributed by atoms with E-state index in [0.29, 0.717) is 12.7 Å². The molecule has 3 fully saturated rings. The smallest absolute Gasteiger partial charge is 0.240 e. The Labute approximate surface area is 121 Å². The maximum Gasteiger partial charge on any atom is 0.240 e. The van der Waals surface area contributed by atoms with Gasteiger partial charge in [-0.15, -0.1) is 0 Å². The molecule has 20 heavy (non-hydrogen) atoms. The lowest BCUT2D eigenvalue weighted by Gasteiger charge is -2.36. The van der Waals surface area contributed by atoms with Crippen molar-refractivity contribution in [3.63, 3.8) is 0 Å². The van der Waals surface area contributed by atoms with Gasteiger partial charge in [0, 0.05) is 19.1 Å². The van der Waals surface area contributed by atoms with E-state index < -0.39 is 0 Å². The van der Waals surface area contributed by atoms with Gasteiger partial charge >= 0.3 is 0 Å². The Kier molecular flexibility index (Phi) is 4.58. The molecular weight excluding hydrogens is 254 g/mol. The Balaban J connectivity index is 1.47. The van der Waals surface area contributed by atoms with E-state index >= 15 is 0 Å². The van der Waals surface area contributed by atoms with Gasteiger partial charge in [-0.3, -0.25) is 15.0 Å². The van der Waals surface area contributed by atoms with E-state index in [1.807, 2.05) is 4.90 Å². The van der Waals surface area contributed by atoms with Crippen LogP contribution in [0.3, 0.4) is 0 Å². The van der Waals surface area contributed by atoms with Gasteiger partial charge in [-0.2, -0.15) is 0 Å². The summed E-state index contributed by atoms with van der Waals surface area (Å²) in [6.45, 7) is 6.65. The zero-order chi connectivity index (χ0) is 13.9. The second kappa shape index (κ2) is 6.41. The molecule has 0 radical (unpaired) electrons. The summed E-state index contributed by atoms with van der Waals surface area (Å²) in [5.74, 6) is 0.269. The molecule has 0 spiro atoms. The van der Waals surface area contributed by atoms with E-state index in [1.54, 1.807) is 0 Å². The minimum absolute atomic E-state index is 0.0399. The second-order valence-corrected chi connectivity index (χ2v) is 6.36. The third-order valence-electron chi connectivity index (χ3n) is 4.87. The quantitative estimate of drug-likeness (QED) is 0.809. The minimum atomic E-state index is 0.0399. The number of morpholine rings is 1. The fourth-order valence-corrected chi connectivity index (χ4v) is 3.64. The largest absolute Gasteiger partial charge is 0.373 e. The number of amides is 1. The molecule has 0 saturated carbocycles. The number of hydrogen-bond acceptors (Lipinski definition) is 4. The summed E-state index contributed by atoms with van der Waals surface area (Å²) in [7, 11) is 0. The summed E-state index contributed by atoms with van der Waals surface area (Å²) in [6.07, 6.45) is 5.99. The molecule has 1 amide bonds. The van der Waals surface area contributed by atoms with Crippen molar-refractivity contribution in [3.05, 3.63) is 0 Å². The minimum Gasteiger partial charge on any atom is -0.373 e. The lowest BCUT2D eigenvalue weighted by Crippen LogP contribution is -2.50. The van der Waals surface area contributed by atoms with E-state index in [2.05, 4.69) is 17.1 Å². The average Bonchev–Trinajstić information content (AvgIpc) is 3.05. The zero-order valence-corrected chi connectivity index (χ0v) is 12.5. The molecule has 0 aromatic rings. The third kappa shape index (κ3) is 3.00. The van der Waals surface area contributed by atoms with Crippen molar-refractivity contribution in [2.24, 2.45) is 0 Å². The van der Waals surface area contributed by atoms with Gasteiger partial charge in [0.05, 0.1) is 25.4 Å². The zero-order valence-electron chi connectivity index (χ0n) is 12.5. The molecule has 114 valence electrons. The standard InChI is InChI=1S/C15H27N3O2/c1-2-3-6-14-15(19)18(11-16-14)9-13-8-17-7-4-5-12(17)10-20-13/h12-14,16H,2-11H2,1H3. The first-order valence-corrected chi connectivity index (χ1v) is 8.15. The Morgan fingerprint density at radius 1 is 1.45 bits per heavy atom. The van der Waals surface area contributed by atoms with Crippen LogP contribution in [0.1, 0.15) is 39.0 Å². The molecule has 3 unspecified atom stereocenters. The molecule has 3 aliphatic rings. The number of fused-ring (bicyclic) bond motifs is 1. The van der Waals surface area contributed by atoms with Crippen molar-refractivity contribution in [1.29, 1.82) is 0 Å². The lowest BCUT2D eigenvalue weighted by atomic mass is 10.1. The summed E-state index contributed by atoms with van der Waals surface area (Å²) in [6, 6.07) is 0.675. The number of nitrogens with one attached hydrogen (secondary N) is 1. The first kappa shape index (κ1) is 14.3. The highest BCUT2D eigenvalue weighted by atomic mass is 16.5. The van der Waals surface area contributed by atoms with Crippen molar-refractivity contribution >= 4 is 5.91 Å². The van der Waals surface area contributed by atoms with E-state index in [9.17, 15) is 4.79 Å². The molecule has 0 bridgehead atoms. The number of carbonyl (C=O) groups excluding carboxylic acids is 1. The first-order valence-electron chi connectivity index (χ1n) is 8.15. The van der Waals surface area contributed by atoms with Crippen LogP contribution in [0.25, 0.3) is 0 Å². The number of rotatable bonds is 5. The van der Waals surface area contributed by atoms with Gasteiger partial charge in [0.15, 0.2) is 0 Å². The molecule has 5 nitrogen and oxygen atoms in total. The van der Waals surface area contributed by atoms with Gasteiger partial charge in [0.2, 0.25) is 5.91 Å². The van der Waals surface area contributed by atoms with Gasteiger partial charge in [0.25, 0.3) is 0 Å². The SMILES string of the molecule is CCCCC1NCN(CC2CN3CCCC3CO2)C1=O. The molecular formula is C15H27N3O2. The summed E-state index contributed by atoms with van der Waals surface area (Å²) in [5, 5.41) is 3.33. The van der Waals surface area contributed by atoms with Gasteiger partial charge in [0.1, 0.15) is 0 Å². The molecule has 3 saturated heterocycles. The number of ether oxygens (including phenoxy) is 1. The van der Waals surface area contributed by atoms with E-state index in [1.165, 1.54) is 19.4 Å². The Morgan fingerprint density at radius 3 is 3.20 bits per heavy atom. The average molecular weight is 281 g/mol. The Hall–Kier alpha value is -0.650. The van der Waals surface area contributed by atoms with E-state index in [-0.39, 0.29) is 18.1 Å². The van der Waals surface area contributed by atoms with Crippen LogP contribution in [0, 0.1) is 0 Å². The van der Waals surface area contributed by atoms with Crippen molar-refractivity contribution in [2.75, 3.05) is 32.9 Å². The summed E-state index contributed by atoms with van der Waals surface area (Å²) < 4.78 is 5.96. The van der Waals surface area contributed by atoms with Crippen LogP contribution in [-0.4, -0.2) is 66.8 Å². The van der Waals surface area contributed by atoms with Crippen LogP contribution in [0.5, 0.6) is 0 Å². The summed E-state index contributed by atoms with van der Waals surface area (Å²) in [4.78, 5) is 16.8. The molecule has 1 N–H and O–H groups in total. The maximum atomic E-state index is 12.3. The predicted octanol–water partition coefficient (Wildman–Crippen LogP) is 0.798. The molecule has 3 rings (SSSR count). The number of hydrogen-bond donors (Lipinski definition) is 1. The van der Waals surface area contributed by atoms with Crippen molar-refractivity contribution < 1.29 is 9.53 Å². The van der Waals surface area contributed by atoms with Gasteiger partial charge < -0.3 is 9.64 Å². The number of nitrogens with zero attached hydrogens (tertiary/aromatic N) is 2. The second-order valence-electron chi connectivity index (χ2n) is 6.36. The summed E-state index contributed by atoms with van der Waals surface area (Å²) in [5.41, 5.74) is 0. The normalized spacial score (nSPS) is 34.8. The van der Waals surface area contributed by atoms with Crippen molar-refractivity contribution in [2.45, 2.75) is 57.2 Å². The molecule has 5 heteroatoms. The van der Waals surface area contributed by atoms with Gasteiger partial charge in [-0.05, 0) is 25.8 Å². The number of carbonyl (C=O) groups is 1. The van der Waals surface area contributed by atoms with Crippen molar-refractivity contribution in [3.8, 4) is 0 Å². The first-order chi connectivity index (χ1) is 9.78. The molecule has 0 aromatic heterocycles.